The van der Waals surface area contributed by atoms with Crippen LogP contribution in [0.5, 0.6) is 0 Å². The molecule has 0 aliphatic rings. The zero-order valence-corrected chi connectivity index (χ0v) is 13.4. The Morgan fingerprint density at radius 1 is 1.00 bits per heavy atom. The molecule has 19 heavy (non-hydrogen) atoms. The van der Waals surface area contributed by atoms with Crippen LogP contribution in [0.15, 0.2) is 6.07 Å². The summed E-state index contributed by atoms with van der Waals surface area (Å²) in [5.41, 5.74) is 4.28. The maximum absolute atomic E-state index is 3.58. The van der Waals surface area contributed by atoms with Gasteiger partial charge in [-0.2, -0.15) is 0 Å². The zero-order chi connectivity index (χ0) is 14.1. The van der Waals surface area contributed by atoms with E-state index in [0.717, 1.165) is 19.6 Å². The molecule has 2 nitrogen and oxygen atoms in total. The van der Waals surface area contributed by atoms with Gasteiger partial charge in [0.25, 0.3) is 0 Å². The third kappa shape index (κ3) is 5.40. The fraction of sp³-hybridized carbons (Fsp3) is 0.765. The first-order valence-corrected chi connectivity index (χ1v) is 8.07. The first-order chi connectivity index (χ1) is 9.20. The molecular weight excluding hydrogens is 232 g/mol. The lowest BCUT2D eigenvalue weighted by Crippen LogP contribution is -2.15. The fourth-order valence-corrected chi connectivity index (χ4v) is 2.79. The van der Waals surface area contributed by atoms with E-state index in [4.69, 9.17) is 0 Å². The second kappa shape index (κ2) is 9.19. The molecule has 2 heteroatoms. The van der Waals surface area contributed by atoms with Crippen molar-refractivity contribution in [1.29, 1.82) is 0 Å². The lowest BCUT2D eigenvalue weighted by atomic mass is 10.1. The first-order valence-electron chi connectivity index (χ1n) is 8.07. The van der Waals surface area contributed by atoms with Crippen molar-refractivity contribution in [1.82, 2.24) is 9.88 Å². The minimum atomic E-state index is 1.02. The Morgan fingerprint density at radius 3 is 2.32 bits per heavy atom. The van der Waals surface area contributed by atoms with Crippen LogP contribution in [0.4, 0.5) is 0 Å². The predicted molar refractivity (Wildman–Crippen MR) is 84.7 cm³/mol. The van der Waals surface area contributed by atoms with Crippen molar-refractivity contribution in [2.24, 2.45) is 0 Å². The molecule has 1 N–H and O–H groups in total. The summed E-state index contributed by atoms with van der Waals surface area (Å²) in [5, 5.41) is 3.58. The predicted octanol–water partition coefficient (Wildman–Crippen LogP) is 4.57. The Morgan fingerprint density at radius 2 is 1.68 bits per heavy atom. The van der Waals surface area contributed by atoms with Gasteiger partial charge in [0.15, 0.2) is 0 Å². The Labute approximate surface area is 119 Å². The highest BCUT2D eigenvalue weighted by Gasteiger charge is 2.06. The average Bonchev–Trinajstić information content (AvgIpc) is 2.67. The van der Waals surface area contributed by atoms with Crippen LogP contribution < -0.4 is 5.32 Å². The van der Waals surface area contributed by atoms with Gasteiger partial charge in [-0.15, -0.1) is 0 Å². The van der Waals surface area contributed by atoms with E-state index in [1.165, 1.54) is 55.5 Å². The lowest BCUT2D eigenvalue weighted by Gasteiger charge is -2.07. The summed E-state index contributed by atoms with van der Waals surface area (Å²) >= 11 is 0. The minimum Gasteiger partial charge on any atom is -0.349 e. The Bertz CT molecular complexity index is 352. The van der Waals surface area contributed by atoms with Crippen LogP contribution in [0.25, 0.3) is 0 Å². The molecule has 0 unspecified atom stereocenters. The van der Waals surface area contributed by atoms with Gasteiger partial charge in [0, 0.05) is 24.5 Å². The molecule has 1 rings (SSSR count). The molecule has 1 aromatic heterocycles. The SMILES string of the molecule is CCCCCCCCNCc1cc(C)n(CC)c1C. The highest BCUT2D eigenvalue weighted by Crippen LogP contribution is 2.14. The van der Waals surface area contributed by atoms with Crippen molar-refractivity contribution < 1.29 is 0 Å². The monoisotopic (exact) mass is 264 g/mol. The zero-order valence-electron chi connectivity index (χ0n) is 13.4. The van der Waals surface area contributed by atoms with Gasteiger partial charge in [-0.1, -0.05) is 39.0 Å². The molecule has 0 aliphatic heterocycles. The van der Waals surface area contributed by atoms with Crippen molar-refractivity contribution in [3.63, 3.8) is 0 Å². The average molecular weight is 264 g/mol. The molecule has 0 radical (unpaired) electrons. The van der Waals surface area contributed by atoms with Crippen molar-refractivity contribution in [2.75, 3.05) is 6.54 Å². The fourth-order valence-electron chi connectivity index (χ4n) is 2.79. The number of nitrogens with zero attached hydrogens (tertiary/aromatic N) is 1. The molecule has 1 heterocycles. The molecule has 0 spiro atoms. The Balaban J connectivity index is 2.16. The molecule has 0 bridgehead atoms. The van der Waals surface area contributed by atoms with Crippen LogP contribution in [0.1, 0.15) is 69.3 Å². The van der Waals surface area contributed by atoms with Crippen LogP contribution in [0.2, 0.25) is 0 Å². The van der Waals surface area contributed by atoms with Gasteiger partial charge in [-0.25, -0.2) is 0 Å². The summed E-state index contributed by atoms with van der Waals surface area (Å²) < 4.78 is 2.39. The van der Waals surface area contributed by atoms with E-state index < -0.39 is 0 Å². The largest absolute Gasteiger partial charge is 0.349 e. The van der Waals surface area contributed by atoms with Crippen LogP contribution in [-0.2, 0) is 13.1 Å². The molecular formula is C17H32N2. The topological polar surface area (TPSA) is 17.0 Å². The molecule has 0 aliphatic carbocycles. The summed E-state index contributed by atoms with van der Waals surface area (Å²) in [6, 6.07) is 2.33. The summed E-state index contributed by atoms with van der Waals surface area (Å²) in [6.07, 6.45) is 8.24. The summed E-state index contributed by atoms with van der Waals surface area (Å²) in [4.78, 5) is 0. The number of aromatic nitrogens is 1. The van der Waals surface area contributed by atoms with Crippen molar-refractivity contribution >= 4 is 0 Å². The quantitative estimate of drug-likeness (QED) is 0.612. The van der Waals surface area contributed by atoms with Gasteiger partial charge in [-0.3, -0.25) is 0 Å². The standard InChI is InChI=1S/C17H32N2/c1-5-7-8-9-10-11-12-18-14-17-13-15(3)19(6-2)16(17)4/h13,18H,5-12,14H2,1-4H3. The minimum absolute atomic E-state index is 1.02. The summed E-state index contributed by atoms with van der Waals surface area (Å²) in [5.74, 6) is 0. The number of unbranched alkanes of at least 4 members (excludes halogenated alkanes) is 5. The van der Waals surface area contributed by atoms with E-state index in [1.54, 1.807) is 0 Å². The van der Waals surface area contributed by atoms with Gasteiger partial charge >= 0.3 is 0 Å². The van der Waals surface area contributed by atoms with Gasteiger partial charge < -0.3 is 9.88 Å². The number of nitrogens with one attached hydrogen (secondary N) is 1. The maximum Gasteiger partial charge on any atom is 0.0223 e. The van der Waals surface area contributed by atoms with E-state index in [9.17, 15) is 0 Å². The highest BCUT2D eigenvalue weighted by molar-refractivity contribution is 5.26. The molecule has 1 aromatic rings. The van der Waals surface area contributed by atoms with Crippen molar-refractivity contribution in [3.05, 3.63) is 23.0 Å². The molecule has 0 saturated carbocycles. The van der Waals surface area contributed by atoms with Crippen LogP contribution in [0.3, 0.4) is 0 Å². The molecule has 0 saturated heterocycles. The van der Waals surface area contributed by atoms with E-state index in [2.05, 4.69) is 43.6 Å². The molecule has 110 valence electrons. The molecule has 0 atom stereocenters. The van der Waals surface area contributed by atoms with Gasteiger partial charge in [0.2, 0.25) is 0 Å². The van der Waals surface area contributed by atoms with Crippen LogP contribution >= 0.6 is 0 Å². The maximum atomic E-state index is 3.58. The third-order valence-electron chi connectivity index (χ3n) is 4.02. The van der Waals surface area contributed by atoms with Crippen LogP contribution in [0, 0.1) is 13.8 Å². The summed E-state index contributed by atoms with van der Waals surface area (Å²) in [7, 11) is 0. The smallest absolute Gasteiger partial charge is 0.0223 e. The van der Waals surface area contributed by atoms with Gasteiger partial charge in [0.05, 0.1) is 0 Å². The second-order valence-corrected chi connectivity index (χ2v) is 5.59. The molecule has 0 aromatic carbocycles. The number of hydrogen-bond acceptors (Lipinski definition) is 1. The molecule has 0 fully saturated rings. The van der Waals surface area contributed by atoms with Crippen molar-refractivity contribution in [2.45, 2.75) is 79.3 Å². The van der Waals surface area contributed by atoms with E-state index in [1.807, 2.05) is 0 Å². The summed E-state index contributed by atoms with van der Waals surface area (Å²) in [6.45, 7) is 12.2. The third-order valence-corrected chi connectivity index (χ3v) is 4.02. The van der Waals surface area contributed by atoms with Crippen LogP contribution in [-0.4, -0.2) is 11.1 Å². The normalized spacial score (nSPS) is 11.2. The van der Waals surface area contributed by atoms with E-state index in [-0.39, 0.29) is 0 Å². The molecule has 0 amide bonds. The number of aryl methyl sites for hydroxylation is 1. The highest BCUT2D eigenvalue weighted by atomic mass is 15.0. The van der Waals surface area contributed by atoms with Gasteiger partial charge in [-0.05, 0) is 45.4 Å². The Hall–Kier alpha value is -0.760. The van der Waals surface area contributed by atoms with Gasteiger partial charge in [0.1, 0.15) is 0 Å². The number of hydrogen-bond donors (Lipinski definition) is 1. The first kappa shape index (κ1) is 16.3. The lowest BCUT2D eigenvalue weighted by molar-refractivity contribution is 0.571. The second-order valence-electron chi connectivity index (χ2n) is 5.59. The van der Waals surface area contributed by atoms with E-state index >= 15 is 0 Å². The number of rotatable bonds is 10. The Kier molecular flexibility index (Phi) is 7.88. The van der Waals surface area contributed by atoms with Crippen molar-refractivity contribution in [3.8, 4) is 0 Å². The van der Waals surface area contributed by atoms with E-state index in [0.29, 0.717) is 0 Å².